The molecule has 0 amide bonds. The summed E-state index contributed by atoms with van der Waals surface area (Å²) in [4.78, 5) is 4.66. The summed E-state index contributed by atoms with van der Waals surface area (Å²) < 4.78 is 14.2. The Kier molecular flexibility index (Phi) is 5.99. The Morgan fingerprint density at radius 1 is 0.935 bits per heavy atom. The van der Waals surface area contributed by atoms with Crippen LogP contribution >= 0.6 is 0 Å². The van der Waals surface area contributed by atoms with E-state index < -0.39 is 0 Å². The molecule has 0 aliphatic carbocycles. The number of benzene rings is 2. The topological polar surface area (TPSA) is 36.3 Å². The second-order valence-electron chi connectivity index (χ2n) is 8.30. The van der Waals surface area contributed by atoms with Crippen molar-refractivity contribution >= 4 is 11.0 Å². The van der Waals surface area contributed by atoms with E-state index in [-0.39, 0.29) is 0 Å². The van der Waals surface area contributed by atoms with Gasteiger partial charge in [-0.05, 0) is 42.5 Å². The van der Waals surface area contributed by atoms with Gasteiger partial charge in [0.25, 0.3) is 0 Å². The number of ether oxygens (including phenoxy) is 2. The van der Waals surface area contributed by atoms with E-state index in [2.05, 4.69) is 67.6 Å². The summed E-state index contributed by atoms with van der Waals surface area (Å²) in [6.45, 7) is 9.90. The smallest absolute Gasteiger partial charge is 0.147 e. The van der Waals surface area contributed by atoms with E-state index in [4.69, 9.17) is 9.47 Å². The van der Waals surface area contributed by atoms with Gasteiger partial charge in [-0.2, -0.15) is 0 Å². The van der Waals surface area contributed by atoms with Gasteiger partial charge in [-0.25, -0.2) is 0 Å². The Bertz CT molecular complexity index is 1190. The van der Waals surface area contributed by atoms with Crippen molar-refractivity contribution in [1.29, 1.82) is 0 Å². The molecular formula is C27H30N2O2. The molecule has 31 heavy (non-hydrogen) atoms. The molecule has 4 nitrogen and oxygen atoms in total. The summed E-state index contributed by atoms with van der Waals surface area (Å²) in [5.74, 6) is 2.26. The summed E-state index contributed by atoms with van der Waals surface area (Å²) in [5.41, 5.74) is 8.01. The lowest BCUT2D eigenvalue weighted by atomic mass is 10.0. The summed E-state index contributed by atoms with van der Waals surface area (Å²) >= 11 is 0. The highest BCUT2D eigenvalue weighted by Gasteiger charge is 2.18. The van der Waals surface area contributed by atoms with Crippen LogP contribution < -0.4 is 9.47 Å². The van der Waals surface area contributed by atoms with Crippen LogP contribution in [0.5, 0.6) is 11.5 Å². The maximum Gasteiger partial charge on any atom is 0.147 e. The SMILES string of the molecule is COc1ccccc1Cn1c(C)c(C)c2nccc(OCc3ccc(C(C)C)cc3)c21. The minimum atomic E-state index is 0.523. The highest BCUT2D eigenvalue weighted by molar-refractivity contribution is 5.86. The number of hydrogen-bond acceptors (Lipinski definition) is 3. The first-order chi connectivity index (χ1) is 15.0. The van der Waals surface area contributed by atoms with Gasteiger partial charge in [-0.1, -0.05) is 56.3 Å². The lowest BCUT2D eigenvalue weighted by Gasteiger charge is -2.15. The Labute approximate surface area is 184 Å². The summed E-state index contributed by atoms with van der Waals surface area (Å²) in [6.07, 6.45) is 1.83. The molecule has 2 aromatic heterocycles. The predicted molar refractivity (Wildman–Crippen MR) is 126 cm³/mol. The molecule has 0 radical (unpaired) electrons. The van der Waals surface area contributed by atoms with Crippen LogP contribution in [0, 0.1) is 13.8 Å². The fraction of sp³-hybridized carbons (Fsp3) is 0.296. The third-order valence-corrected chi connectivity index (χ3v) is 6.02. The Hall–Kier alpha value is -3.27. The van der Waals surface area contributed by atoms with Crippen LogP contribution in [0.4, 0.5) is 0 Å². The zero-order valence-electron chi connectivity index (χ0n) is 19.0. The third kappa shape index (κ3) is 4.15. The molecule has 0 spiro atoms. The van der Waals surface area contributed by atoms with Crippen molar-refractivity contribution in [3.05, 3.63) is 88.7 Å². The van der Waals surface area contributed by atoms with Crippen LogP contribution in [0.2, 0.25) is 0 Å². The molecule has 4 rings (SSSR count). The lowest BCUT2D eigenvalue weighted by Crippen LogP contribution is -2.05. The fourth-order valence-electron chi connectivity index (χ4n) is 3.99. The molecule has 0 fully saturated rings. The zero-order valence-corrected chi connectivity index (χ0v) is 19.0. The normalized spacial score (nSPS) is 11.3. The molecule has 0 unspecified atom stereocenters. The van der Waals surface area contributed by atoms with Gasteiger partial charge < -0.3 is 14.0 Å². The molecule has 0 bridgehead atoms. The summed E-state index contributed by atoms with van der Waals surface area (Å²) in [7, 11) is 1.71. The number of fused-ring (bicyclic) bond motifs is 1. The van der Waals surface area contributed by atoms with Crippen LogP contribution in [0.15, 0.2) is 60.8 Å². The van der Waals surface area contributed by atoms with Gasteiger partial charge in [-0.15, -0.1) is 0 Å². The van der Waals surface area contributed by atoms with E-state index >= 15 is 0 Å². The van der Waals surface area contributed by atoms with Crippen molar-refractivity contribution in [1.82, 2.24) is 9.55 Å². The second kappa shape index (κ2) is 8.84. The first kappa shape index (κ1) is 21.0. The number of rotatable bonds is 7. The van der Waals surface area contributed by atoms with Gasteiger partial charge in [0.2, 0.25) is 0 Å². The molecular weight excluding hydrogens is 384 g/mol. The van der Waals surface area contributed by atoms with Gasteiger partial charge in [0.05, 0.1) is 19.2 Å². The number of methoxy groups -OCH3 is 1. The monoisotopic (exact) mass is 414 g/mol. The van der Waals surface area contributed by atoms with Crippen LogP contribution in [-0.2, 0) is 13.2 Å². The Balaban J connectivity index is 1.69. The van der Waals surface area contributed by atoms with E-state index in [1.54, 1.807) is 7.11 Å². The van der Waals surface area contributed by atoms with Gasteiger partial charge in [0.1, 0.15) is 23.6 Å². The first-order valence-corrected chi connectivity index (χ1v) is 10.8. The van der Waals surface area contributed by atoms with Crippen molar-refractivity contribution in [2.45, 2.75) is 46.8 Å². The van der Waals surface area contributed by atoms with E-state index in [0.717, 1.165) is 33.7 Å². The molecule has 0 saturated heterocycles. The molecule has 0 aliphatic heterocycles. The van der Waals surface area contributed by atoms with E-state index in [1.807, 2.05) is 30.5 Å². The number of hydrogen-bond donors (Lipinski definition) is 0. The Morgan fingerprint density at radius 3 is 2.39 bits per heavy atom. The van der Waals surface area contributed by atoms with E-state index in [9.17, 15) is 0 Å². The molecule has 4 heteroatoms. The third-order valence-electron chi connectivity index (χ3n) is 6.02. The summed E-state index contributed by atoms with van der Waals surface area (Å²) in [6, 6.07) is 18.8. The van der Waals surface area contributed by atoms with Gasteiger partial charge in [0.15, 0.2) is 0 Å². The Morgan fingerprint density at radius 2 is 1.68 bits per heavy atom. The zero-order chi connectivity index (χ0) is 22.0. The van der Waals surface area contributed by atoms with Crippen molar-refractivity contribution < 1.29 is 9.47 Å². The van der Waals surface area contributed by atoms with Gasteiger partial charge >= 0.3 is 0 Å². The highest BCUT2D eigenvalue weighted by Crippen LogP contribution is 2.33. The van der Waals surface area contributed by atoms with Crippen LogP contribution in [-0.4, -0.2) is 16.7 Å². The molecule has 160 valence electrons. The van der Waals surface area contributed by atoms with Crippen molar-refractivity contribution in [3.8, 4) is 11.5 Å². The quantitative estimate of drug-likeness (QED) is 0.350. The fourth-order valence-corrected chi connectivity index (χ4v) is 3.99. The molecule has 0 N–H and O–H groups in total. The highest BCUT2D eigenvalue weighted by atomic mass is 16.5. The van der Waals surface area contributed by atoms with Gasteiger partial charge in [-0.3, -0.25) is 4.98 Å². The average molecular weight is 415 g/mol. The maximum absolute atomic E-state index is 6.32. The van der Waals surface area contributed by atoms with Crippen molar-refractivity contribution in [2.24, 2.45) is 0 Å². The minimum Gasteiger partial charge on any atom is -0.496 e. The van der Waals surface area contributed by atoms with Crippen molar-refractivity contribution in [2.75, 3.05) is 7.11 Å². The lowest BCUT2D eigenvalue weighted by molar-refractivity contribution is 0.308. The molecule has 4 aromatic rings. The van der Waals surface area contributed by atoms with Crippen LogP contribution in [0.3, 0.4) is 0 Å². The first-order valence-electron chi connectivity index (χ1n) is 10.8. The van der Waals surface area contributed by atoms with Crippen LogP contribution in [0.25, 0.3) is 11.0 Å². The standard InChI is InChI=1S/C27H30N2O2/c1-18(2)22-12-10-21(11-13-22)17-31-25-14-15-28-26-19(3)20(4)29(27(25)26)16-23-8-6-7-9-24(23)30-5/h6-15,18H,16-17H2,1-5H3. The summed E-state index contributed by atoms with van der Waals surface area (Å²) in [5, 5.41) is 0. The van der Waals surface area contributed by atoms with Crippen molar-refractivity contribution in [3.63, 3.8) is 0 Å². The predicted octanol–water partition coefficient (Wildman–Crippen LogP) is 6.41. The second-order valence-corrected chi connectivity index (χ2v) is 8.30. The molecule has 0 saturated carbocycles. The molecule has 0 atom stereocenters. The maximum atomic E-state index is 6.32. The molecule has 0 aliphatic rings. The number of aryl methyl sites for hydroxylation is 1. The number of aromatic nitrogens is 2. The van der Waals surface area contributed by atoms with Gasteiger partial charge in [0, 0.05) is 23.5 Å². The largest absolute Gasteiger partial charge is 0.496 e. The van der Waals surface area contributed by atoms with E-state index in [0.29, 0.717) is 19.1 Å². The number of para-hydroxylation sites is 1. The number of pyridine rings is 1. The average Bonchev–Trinajstić information content (AvgIpc) is 3.03. The molecule has 2 aromatic carbocycles. The van der Waals surface area contributed by atoms with Crippen LogP contribution in [0.1, 0.15) is 47.7 Å². The number of nitrogens with zero attached hydrogens (tertiary/aromatic N) is 2. The minimum absolute atomic E-state index is 0.523. The molecule has 2 heterocycles. The van der Waals surface area contributed by atoms with E-state index in [1.165, 1.54) is 16.8 Å².